The first kappa shape index (κ1) is 17.7. The van der Waals surface area contributed by atoms with E-state index in [1.807, 2.05) is 25.8 Å². The smallest absolute Gasteiger partial charge is 0.227 e. The fourth-order valence-corrected chi connectivity index (χ4v) is 3.65. The molecule has 134 valence electrons. The van der Waals surface area contributed by atoms with Gasteiger partial charge in [-0.05, 0) is 38.8 Å². The maximum Gasteiger partial charge on any atom is 0.227 e. The summed E-state index contributed by atoms with van der Waals surface area (Å²) in [5.74, 6) is 0.180. The molecule has 1 saturated heterocycles. The number of H-pyrrole nitrogens is 1. The molecule has 3 rings (SSSR count). The van der Waals surface area contributed by atoms with Crippen LogP contribution < -0.4 is 0 Å². The summed E-state index contributed by atoms with van der Waals surface area (Å²) in [6.07, 6.45) is 2.65. The van der Waals surface area contributed by atoms with Crippen molar-refractivity contribution in [3.05, 3.63) is 52.8 Å². The first-order valence-electron chi connectivity index (χ1n) is 9.07. The predicted molar refractivity (Wildman–Crippen MR) is 99.3 cm³/mol. The number of hydrogen-bond donors (Lipinski definition) is 1. The summed E-state index contributed by atoms with van der Waals surface area (Å²) < 4.78 is 0. The molecule has 25 heavy (non-hydrogen) atoms. The minimum Gasteiger partial charge on any atom is -0.341 e. The first-order chi connectivity index (χ1) is 12.0. The van der Waals surface area contributed by atoms with Crippen molar-refractivity contribution >= 4 is 5.91 Å². The predicted octanol–water partition coefficient (Wildman–Crippen LogP) is 2.69. The molecule has 1 aliphatic heterocycles. The Bertz CT molecular complexity index is 690. The van der Waals surface area contributed by atoms with Crippen LogP contribution in [0.1, 0.15) is 35.4 Å². The van der Waals surface area contributed by atoms with Gasteiger partial charge >= 0.3 is 0 Å². The third-order valence-corrected chi connectivity index (χ3v) is 5.28. The third-order valence-electron chi connectivity index (χ3n) is 5.28. The van der Waals surface area contributed by atoms with Gasteiger partial charge in [-0.25, -0.2) is 0 Å². The lowest BCUT2D eigenvalue weighted by molar-refractivity contribution is -0.132. The number of benzene rings is 1. The second-order valence-corrected chi connectivity index (χ2v) is 7.11. The van der Waals surface area contributed by atoms with Crippen LogP contribution >= 0.6 is 0 Å². The monoisotopic (exact) mass is 340 g/mol. The Morgan fingerprint density at radius 1 is 1.32 bits per heavy atom. The number of amides is 1. The number of nitrogens with one attached hydrogen (secondary N) is 1. The summed E-state index contributed by atoms with van der Waals surface area (Å²) in [6, 6.07) is 10.8. The van der Waals surface area contributed by atoms with Crippen molar-refractivity contribution in [1.82, 2.24) is 20.0 Å². The molecule has 1 aromatic carbocycles. The Balaban J connectivity index is 1.59. The zero-order valence-electron chi connectivity index (χ0n) is 15.5. The summed E-state index contributed by atoms with van der Waals surface area (Å²) in [4.78, 5) is 17.2. The van der Waals surface area contributed by atoms with E-state index >= 15 is 0 Å². The number of aromatic amines is 1. The van der Waals surface area contributed by atoms with Crippen LogP contribution in [0.3, 0.4) is 0 Å². The Kier molecular flexibility index (Phi) is 5.53. The van der Waals surface area contributed by atoms with Gasteiger partial charge in [0.1, 0.15) is 0 Å². The topological polar surface area (TPSA) is 52.2 Å². The maximum absolute atomic E-state index is 12.7. The van der Waals surface area contributed by atoms with Gasteiger partial charge in [0.2, 0.25) is 5.91 Å². The van der Waals surface area contributed by atoms with Crippen LogP contribution in [0.15, 0.2) is 30.3 Å². The Labute approximate surface area is 150 Å². The molecule has 0 unspecified atom stereocenters. The zero-order chi connectivity index (χ0) is 17.8. The summed E-state index contributed by atoms with van der Waals surface area (Å²) >= 11 is 0. The molecule has 0 saturated carbocycles. The standard InChI is InChI=1S/C20H28N4O/c1-15-19(16(2)22-21-15)12-20(25)23(3)18-10-7-11-24(14-18)13-17-8-5-4-6-9-17/h4-6,8-9,18H,7,10-14H2,1-3H3,(H,21,22)/t18-/m1/s1. The van der Waals surface area contributed by atoms with Crippen molar-refractivity contribution in [2.24, 2.45) is 0 Å². The van der Waals surface area contributed by atoms with E-state index in [2.05, 4.69) is 45.4 Å². The average molecular weight is 340 g/mol. The van der Waals surface area contributed by atoms with E-state index in [-0.39, 0.29) is 11.9 Å². The largest absolute Gasteiger partial charge is 0.341 e. The summed E-state index contributed by atoms with van der Waals surface area (Å²) in [7, 11) is 1.95. The van der Waals surface area contributed by atoms with Crippen molar-refractivity contribution in [3.8, 4) is 0 Å². The lowest BCUT2D eigenvalue weighted by atomic mass is 10.0. The van der Waals surface area contributed by atoms with E-state index < -0.39 is 0 Å². The van der Waals surface area contributed by atoms with Crippen molar-refractivity contribution in [2.75, 3.05) is 20.1 Å². The highest BCUT2D eigenvalue weighted by molar-refractivity contribution is 5.79. The average Bonchev–Trinajstić information content (AvgIpc) is 2.94. The molecule has 0 bridgehead atoms. The molecule has 1 N–H and O–H groups in total. The lowest BCUT2D eigenvalue weighted by Gasteiger charge is -2.37. The number of carbonyl (C=O) groups is 1. The maximum atomic E-state index is 12.7. The van der Waals surface area contributed by atoms with Crippen molar-refractivity contribution in [3.63, 3.8) is 0 Å². The Hall–Kier alpha value is -2.14. The lowest BCUT2D eigenvalue weighted by Crippen LogP contribution is -2.48. The number of aromatic nitrogens is 2. The normalized spacial score (nSPS) is 18.3. The molecular formula is C20H28N4O. The highest BCUT2D eigenvalue weighted by atomic mass is 16.2. The molecule has 5 nitrogen and oxygen atoms in total. The van der Waals surface area contributed by atoms with E-state index in [9.17, 15) is 4.79 Å². The molecule has 2 aromatic rings. The number of aryl methyl sites for hydroxylation is 2. The van der Waals surface area contributed by atoms with Gasteiger partial charge in [0.05, 0.1) is 12.1 Å². The molecule has 1 fully saturated rings. The van der Waals surface area contributed by atoms with Crippen LogP contribution in [0.25, 0.3) is 0 Å². The molecular weight excluding hydrogens is 312 g/mol. The molecule has 0 radical (unpaired) electrons. The van der Waals surface area contributed by atoms with E-state index in [1.165, 1.54) is 5.56 Å². The van der Waals surface area contributed by atoms with E-state index in [4.69, 9.17) is 0 Å². The van der Waals surface area contributed by atoms with Gasteiger partial charge in [0.25, 0.3) is 0 Å². The molecule has 5 heteroatoms. The summed E-state index contributed by atoms with van der Waals surface area (Å²) in [5, 5.41) is 7.16. The summed E-state index contributed by atoms with van der Waals surface area (Å²) in [5.41, 5.74) is 4.29. The number of likely N-dealkylation sites (N-methyl/N-ethyl adjacent to an activating group) is 1. The SMILES string of the molecule is Cc1n[nH]c(C)c1CC(=O)N(C)[C@@H]1CCCN(Cc2ccccc2)C1. The quantitative estimate of drug-likeness (QED) is 0.910. The number of nitrogens with zero attached hydrogens (tertiary/aromatic N) is 3. The zero-order valence-corrected chi connectivity index (χ0v) is 15.5. The van der Waals surface area contributed by atoms with E-state index in [0.717, 1.165) is 49.4 Å². The first-order valence-corrected chi connectivity index (χ1v) is 9.07. The number of rotatable bonds is 5. The van der Waals surface area contributed by atoms with E-state index in [1.54, 1.807) is 0 Å². The molecule has 1 atom stereocenters. The summed E-state index contributed by atoms with van der Waals surface area (Å²) in [6.45, 7) is 6.94. The number of likely N-dealkylation sites (tertiary alicyclic amines) is 1. The van der Waals surface area contributed by atoms with Gasteiger partial charge in [0.15, 0.2) is 0 Å². The molecule has 1 aliphatic rings. The van der Waals surface area contributed by atoms with Gasteiger partial charge in [-0.2, -0.15) is 5.10 Å². The fourth-order valence-electron chi connectivity index (χ4n) is 3.65. The number of hydrogen-bond acceptors (Lipinski definition) is 3. The Morgan fingerprint density at radius 3 is 2.76 bits per heavy atom. The molecule has 0 aliphatic carbocycles. The van der Waals surface area contributed by atoms with Gasteiger partial charge in [-0.1, -0.05) is 30.3 Å². The third kappa shape index (κ3) is 4.28. The highest BCUT2D eigenvalue weighted by Crippen LogP contribution is 2.19. The van der Waals surface area contributed by atoms with Gasteiger partial charge in [0, 0.05) is 37.4 Å². The van der Waals surface area contributed by atoms with E-state index in [0.29, 0.717) is 6.42 Å². The van der Waals surface area contributed by atoms with Gasteiger partial charge in [-0.3, -0.25) is 14.8 Å². The van der Waals surface area contributed by atoms with Crippen LogP contribution in [-0.2, 0) is 17.8 Å². The van der Waals surface area contributed by atoms with Crippen LogP contribution in [0, 0.1) is 13.8 Å². The van der Waals surface area contributed by atoms with Crippen molar-refractivity contribution in [1.29, 1.82) is 0 Å². The molecule has 1 aromatic heterocycles. The molecule has 2 heterocycles. The Morgan fingerprint density at radius 2 is 2.08 bits per heavy atom. The number of carbonyl (C=O) groups excluding carboxylic acids is 1. The van der Waals surface area contributed by atoms with Crippen LogP contribution in [0.2, 0.25) is 0 Å². The van der Waals surface area contributed by atoms with Gasteiger partial charge < -0.3 is 4.90 Å². The molecule has 0 spiro atoms. The molecule has 1 amide bonds. The van der Waals surface area contributed by atoms with Crippen LogP contribution in [0.5, 0.6) is 0 Å². The number of piperidine rings is 1. The second kappa shape index (κ2) is 7.83. The van der Waals surface area contributed by atoms with Crippen molar-refractivity contribution in [2.45, 2.75) is 45.7 Å². The van der Waals surface area contributed by atoms with Crippen LogP contribution in [0.4, 0.5) is 0 Å². The second-order valence-electron chi connectivity index (χ2n) is 7.11. The van der Waals surface area contributed by atoms with Gasteiger partial charge in [-0.15, -0.1) is 0 Å². The minimum atomic E-state index is 0.180. The highest BCUT2D eigenvalue weighted by Gasteiger charge is 2.26. The van der Waals surface area contributed by atoms with Crippen LogP contribution in [-0.4, -0.2) is 52.1 Å². The fraction of sp³-hybridized carbons (Fsp3) is 0.500. The minimum absolute atomic E-state index is 0.180. The van der Waals surface area contributed by atoms with Crippen molar-refractivity contribution < 1.29 is 4.79 Å².